The zero-order valence-electron chi connectivity index (χ0n) is 19.7. The third-order valence-corrected chi connectivity index (χ3v) is 7.80. The SMILES string of the molecule is CC1(CN)CCN(c2cnc3c(n2)CN=C3N2CCC(c3cccnc3)c3ccccc32)CC1. The molecule has 5 heterocycles. The molecule has 2 aromatic heterocycles. The van der Waals surface area contributed by atoms with Crippen LogP contribution in [0.4, 0.5) is 11.5 Å². The van der Waals surface area contributed by atoms with Gasteiger partial charge in [-0.1, -0.05) is 31.2 Å². The second kappa shape index (κ2) is 8.47. The van der Waals surface area contributed by atoms with Gasteiger partial charge in [0, 0.05) is 43.6 Å². The van der Waals surface area contributed by atoms with Crippen LogP contribution in [-0.4, -0.2) is 47.0 Å². The summed E-state index contributed by atoms with van der Waals surface area (Å²) in [6.07, 6.45) is 8.94. The summed E-state index contributed by atoms with van der Waals surface area (Å²) in [7, 11) is 0. The minimum atomic E-state index is 0.242. The van der Waals surface area contributed by atoms with Gasteiger partial charge < -0.3 is 15.5 Å². The van der Waals surface area contributed by atoms with E-state index in [4.69, 9.17) is 20.7 Å². The van der Waals surface area contributed by atoms with Crippen LogP contribution in [-0.2, 0) is 6.54 Å². The number of hydrogen-bond donors (Lipinski definition) is 1. The molecule has 0 bridgehead atoms. The first-order valence-electron chi connectivity index (χ1n) is 12.3. The zero-order valence-corrected chi connectivity index (χ0v) is 19.7. The van der Waals surface area contributed by atoms with E-state index in [-0.39, 0.29) is 5.41 Å². The second-order valence-corrected chi connectivity index (χ2v) is 10.0. The molecular weight excluding hydrogens is 422 g/mol. The molecule has 3 aliphatic heterocycles. The largest absolute Gasteiger partial charge is 0.355 e. The van der Waals surface area contributed by atoms with E-state index in [1.165, 1.54) is 16.8 Å². The van der Waals surface area contributed by atoms with Crippen LogP contribution in [0.15, 0.2) is 60.0 Å². The lowest BCUT2D eigenvalue weighted by molar-refractivity contribution is 0.258. The molecule has 7 nitrogen and oxygen atoms in total. The molecule has 0 radical (unpaired) electrons. The van der Waals surface area contributed by atoms with Crippen molar-refractivity contribution in [3.05, 3.63) is 77.5 Å². The van der Waals surface area contributed by atoms with Crippen LogP contribution in [0.5, 0.6) is 0 Å². The Morgan fingerprint density at radius 1 is 1.06 bits per heavy atom. The maximum absolute atomic E-state index is 5.99. The van der Waals surface area contributed by atoms with Gasteiger partial charge in [0.15, 0.2) is 5.84 Å². The third kappa shape index (κ3) is 3.64. The van der Waals surface area contributed by atoms with E-state index in [1.807, 2.05) is 24.7 Å². The number of hydrogen-bond acceptors (Lipinski definition) is 7. The number of pyridine rings is 1. The van der Waals surface area contributed by atoms with Gasteiger partial charge in [-0.2, -0.15) is 0 Å². The molecule has 0 amide bonds. The minimum absolute atomic E-state index is 0.242. The minimum Gasteiger partial charge on any atom is -0.355 e. The summed E-state index contributed by atoms with van der Waals surface area (Å²) in [5.74, 6) is 2.25. The van der Waals surface area contributed by atoms with E-state index in [2.05, 4.69) is 52.0 Å². The highest BCUT2D eigenvalue weighted by atomic mass is 15.2. The Morgan fingerprint density at radius 3 is 2.71 bits per heavy atom. The molecule has 3 aromatic rings. The maximum atomic E-state index is 5.99. The number of rotatable bonds is 3. The summed E-state index contributed by atoms with van der Waals surface area (Å²) in [5, 5.41) is 0. The first-order valence-corrected chi connectivity index (χ1v) is 12.3. The molecule has 6 rings (SSSR count). The predicted octanol–water partition coefficient (Wildman–Crippen LogP) is 3.74. The second-order valence-electron chi connectivity index (χ2n) is 10.0. The normalized spacial score (nSPS) is 21.1. The number of piperidine rings is 1. The zero-order chi connectivity index (χ0) is 23.1. The number of nitrogens with zero attached hydrogens (tertiary/aromatic N) is 6. The summed E-state index contributed by atoms with van der Waals surface area (Å²) in [5.41, 5.74) is 11.9. The third-order valence-electron chi connectivity index (χ3n) is 7.80. The van der Waals surface area contributed by atoms with Crippen LogP contribution in [0.2, 0.25) is 0 Å². The summed E-state index contributed by atoms with van der Waals surface area (Å²) in [4.78, 5) is 23.8. The molecule has 7 heteroatoms. The number of para-hydroxylation sites is 1. The van der Waals surface area contributed by atoms with Gasteiger partial charge in [-0.3, -0.25) is 9.98 Å². The molecule has 1 fully saturated rings. The fourth-order valence-electron chi connectivity index (χ4n) is 5.49. The number of aromatic nitrogens is 3. The highest BCUT2D eigenvalue weighted by molar-refractivity contribution is 6.11. The molecule has 174 valence electrons. The monoisotopic (exact) mass is 453 g/mol. The number of aliphatic imine (C=N–C) groups is 1. The number of fused-ring (bicyclic) bond motifs is 2. The number of benzene rings is 1. The summed E-state index contributed by atoms with van der Waals surface area (Å²) >= 11 is 0. The van der Waals surface area contributed by atoms with Crippen LogP contribution in [0.1, 0.15) is 54.6 Å². The van der Waals surface area contributed by atoms with Gasteiger partial charge in [-0.25, -0.2) is 9.97 Å². The standard InChI is InChI=1S/C27H31N7/c1-27(18-28)9-13-33(14-10-27)24-17-30-25-22(32-24)16-31-26(25)34-12-8-20(19-5-4-11-29-15-19)21-6-2-3-7-23(21)34/h2-7,11,15,17,20H,8-10,12-14,16,18,28H2,1H3. The van der Waals surface area contributed by atoms with Crippen molar-refractivity contribution < 1.29 is 0 Å². The predicted molar refractivity (Wildman–Crippen MR) is 135 cm³/mol. The van der Waals surface area contributed by atoms with Crippen LogP contribution < -0.4 is 15.5 Å². The Morgan fingerprint density at radius 2 is 1.91 bits per heavy atom. The van der Waals surface area contributed by atoms with Crippen LogP contribution in [0.25, 0.3) is 0 Å². The van der Waals surface area contributed by atoms with Crippen molar-refractivity contribution in [2.45, 2.75) is 38.6 Å². The Kier molecular flexibility index (Phi) is 5.29. The van der Waals surface area contributed by atoms with Crippen molar-refractivity contribution in [3.63, 3.8) is 0 Å². The lowest BCUT2D eigenvalue weighted by Crippen LogP contribution is -2.42. The Labute approximate surface area is 200 Å². The molecule has 1 atom stereocenters. The molecule has 2 N–H and O–H groups in total. The van der Waals surface area contributed by atoms with E-state index in [0.717, 1.165) is 68.5 Å². The van der Waals surface area contributed by atoms with E-state index < -0.39 is 0 Å². The first kappa shape index (κ1) is 21.2. The van der Waals surface area contributed by atoms with E-state index >= 15 is 0 Å². The highest BCUT2D eigenvalue weighted by Crippen LogP contribution is 2.40. The fourth-order valence-corrected chi connectivity index (χ4v) is 5.49. The van der Waals surface area contributed by atoms with Crippen molar-refractivity contribution in [1.82, 2.24) is 15.0 Å². The number of amidine groups is 1. The van der Waals surface area contributed by atoms with Crippen LogP contribution >= 0.6 is 0 Å². The Hall–Kier alpha value is -3.32. The lowest BCUT2D eigenvalue weighted by Gasteiger charge is -2.39. The topological polar surface area (TPSA) is 83.5 Å². The van der Waals surface area contributed by atoms with Gasteiger partial charge in [-0.15, -0.1) is 0 Å². The average molecular weight is 454 g/mol. The molecule has 1 saturated heterocycles. The molecule has 34 heavy (non-hydrogen) atoms. The lowest BCUT2D eigenvalue weighted by atomic mass is 9.80. The van der Waals surface area contributed by atoms with Crippen molar-refractivity contribution >= 4 is 17.3 Å². The molecule has 0 aliphatic carbocycles. The quantitative estimate of drug-likeness (QED) is 0.650. The number of nitrogens with two attached hydrogens (primary N) is 1. The van der Waals surface area contributed by atoms with Gasteiger partial charge in [-0.05, 0) is 54.5 Å². The number of anilines is 2. The summed E-state index contributed by atoms with van der Waals surface area (Å²) in [6, 6.07) is 12.9. The van der Waals surface area contributed by atoms with Gasteiger partial charge >= 0.3 is 0 Å². The summed E-state index contributed by atoms with van der Waals surface area (Å²) in [6.45, 7) is 6.46. The van der Waals surface area contributed by atoms with Gasteiger partial charge in [0.1, 0.15) is 11.5 Å². The Balaban J connectivity index is 1.26. The molecule has 0 spiro atoms. The van der Waals surface area contributed by atoms with Gasteiger partial charge in [0.05, 0.1) is 18.4 Å². The van der Waals surface area contributed by atoms with Gasteiger partial charge in [0.25, 0.3) is 0 Å². The molecule has 1 unspecified atom stereocenters. The van der Waals surface area contributed by atoms with Gasteiger partial charge in [0.2, 0.25) is 0 Å². The van der Waals surface area contributed by atoms with Crippen LogP contribution in [0.3, 0.4) is 0 Å². The van der Waals surface area contributed by atoms with Crippen molar-refractivity contribution in [3.8, 4) is 0 Å². The average Bonchev–Trinajstić information content (AvgIpc) is 3.32. The van der Waals surface area contributed by atoms with Crippen molar-refractivity contribution in [2.75, 3.05) is 36.0 Å². The maximum Gasteiger partial charge on any atom is 0.156 e. The molecule has 3 aliphatic rings. The first-order chi connectivity index (χ1) is 16.6. The van der Waals surface area contributed by atoms with Crippen molar-refractivity contribution in [1.29, 1.82) is 0 Å². The fraction of sp³-hybridized carbons (Fsp3) is 0.407. The summed E-state index contributed by atoms with van der Waals surface area (Å²) < 4.78 is 0. The van der Waals surface area contributed by atoms with E-state index in [0.29, 0.717) is 12.5 Å². The Bertz CT molecular complexity index is 1210. The van der Waals surface area contributed by atoms with Crippen LogP contribution in [0, 0.1) is 5.41 Å². The van der Waals surface area contributed by atoms with E-state index in [1.54, 1.807) is 0 Å². The van der Waals surface area contributed by atoms with E-state index in [9.17, 15) is 0 Å². The smallest absolute Gasteiger partial charge is 0.156 e. The highest BCUT2D eigenvalue weighted by Gasteiger charge is 2.34. The molecular formula is C27H31N7. The molecule has 0 saturated carbocycles. The molecule has 1 aromatic carbocycles. The van der Waals surface area contributed by atoms with Crippen molar-refractivity contribution in [2.24, 2.45) is 16.1 Å².